The predicted molar refractivity (Wildman–Crippen MR) is 119 cm³/mol. The standard InChI is InChI=1S/C25H29NO6/c1-17(2)12-15-31-21-11-10-18(16-22(21)30-3)25(29)32-14-7-6-13-26-23(27)19-8-4-5-9-20(19)24(26)28/h4-5,8-11,16-17H,6-7,12-15H2,1-3H3. The lowest BCUT2D eigenvalue weighted by Gasteiger charge is -2.14. The van der Waals surface area contributed by atoms with Crippen molar-refractivity contribution in [2.24, 2.45) is 5.92 Å². The molecule has 7 heteroatoms. The van der Waals surface area contributed by atoms with Crippen molar-refractivity contribution in [1.82, 2.24) is 4.90 Å². The number of unbranched alkanes of at least 4 members (excludes halogenated alkanes) is 1. The van der Waals surface area contributed by atoms with Crippen molar-refractivity contribution < 1.29 is 28.6 Å². The molecule has 0 aromatic heterocycles. The minimum Gasteiger partial charge on any atom is -0.493 e. The highest BCUT2D eigenvalue weighted by Gasteiger charge is 2.34. The Morgan fingerprint density at radius 3 is 2.25 bits per heavy atom. The zero-order valence-electron chi connectivity index (χ0n) is 18.8. The van der Waals surface area contributed by atoms with Crippen molar-refractivity contribution in [1.29, 1.82) is 0 Å². The monoisotopic (exact) mass is 439 g/mol. The summed E-state index contributed by atoms with van der Waals surface area (Å²) in [5, 5.41) is 0. The highest BCUT2D eigenvalue weighted by Crippen LogP contribution is 2.29. The second-order valence-electron chi connectivity index (χ2n) is 8.05. The molecular formula is C25H29NO6. The van der Waals surface area contributed by atoms with E-state index in [1.807, 2.05) is 0 Å². The number of hydrogen-bond acceptors (Lipinski definition) is 6. The predicted octanol–water partition coefficient (Wildman–Crippen LogP) is 4.35. The number of rotatable bonds is 11. The summed E-state index contributed by atoms with van der Waals surface area (Å²) in [6, 6.07) is 11.8. The molecule has 170 valence electrons. The summed E-state index contributed by atoms with van der Waals surface area (Å²) in [7, 11) is 1.53. The Kier molecular flexibility index (Phi) is 7.87. The number of ether oxygens (including phenoxy) is 3. The summed E-state index contributed by atoms with van der Waals surface area (Å²) >= 11 is 0. The van der Waals surface area contributed by atoms with Gasteiger partial charge in [0.2, 0.25) is 0 Å². The lowest BCUT2D eigenvalue weighted by molar-refractivity contribution is 0.0485. The van der Waals surface area contributed by atoms with Crippen LogP contribution in [0.2, 0.25) is 0 Å². The van der Waals surface area contributed by atoms with E-state index in [2.05, 4.69) is 13.8 Å². The zero-order chi connectivity index (χ0) is 23.1. The first-order valence-electron chi connectivity index (χ1n) is 10.9. The van der Waals surface area contributed by atoms with E-state index in [1.165, 1.54) is 12.0 Å². The molecule has 0 atom stereocenters. The molecule has 1 heterocycles. The van der Waals surface area contributed by atoms with Crippen LogP contribution in [0.1, 0.15) is 64.2 Å². The molecule has 0 spiro atoms. The van der Waals surface area contributed by atoms with Crippen LogP contribution in [0.25, 0.3) is 0 Å². The van der Waals surface area contributed by atoms with Gasteiger partial charge in [0.25, 0.3) is 11.8 Å². The van der Waals surface area contributed by atoms with Gasteiger partial charge in [-0.1, -0.05) is 26.0 Å². The first-order chi connectivity index (χ1) is 15.4. The lowest BCUT2D eigenvalue weighted by Crippen LogP contribution is -2.30. The Morgan fingerprint density at radius 2 is 1.62 bits per heavy atom. The molecule has 0 saturated carbocycles. The molecule has 7 nitrogen and oxygen atoms in total. The number of fused-ring (bicyclic) bond motifs is 1. The number of methoxy groups -OCH3 is 1. The van der Waals surface area contributed by atoms with Gasteiger partial charge in [0, 0.05) is 6.54 Å². The second-order valence-corrected chi connectivity index (χ2v) is 8.05. The number of benzene rings is 2. The van der Waals surface area contributed by atoms with E-state index in [-0.39, 0.29) is 18.4 Å². The van der Waals surface area contributed by atoms with Gasteiger partial charge in [-0.15, -0.1) is 0 Å². The number of nitrogens with zero attached hydrogens (tertiary/aromatic N) is 1. The molecule has 32 heavy (non-hydrogen) atoms. The van der Waals surface area contributed by atoms with Gasteiger partial charge >= 0.3 is 5.97 Å². The Hall–Kier alpha value is -3.35. The summed E-state index contributed by atoms with van der Waals surface area (Å²) < 4.78 is 16.4. The highest BCUT2D eigenvalue weighted by molar-refractivity contribution is 6.21. The van der Waals surface area contributed by atoms with E-state index in [0.717, 1.165) is 6.42 Å². The smallest absolute Gasteiger partial charge is 0.338 e. The molecule has 1 aliphatic rings. The van der Waals surface area contributed by atoms with Gasteiger partial charge in [-0.2, -0.15) is 0 Å². The minimum atomic E-state index is -0.460. The molecule has 0 N–H and O–H groups in total. The summed E-state index contributed by atoms with van der Waals surface area (Å²) in [5.74, 6) is 0.597. The first kappa shape index (κ1) is 23.3. The number of esters is 1. The van der Waals surface area contributed by atoms with Crippen molar-refractivity contribution in [3.63, 3.8) is 0 Å². The fraction of sp³-hybridized carbons (Fsp3) is 0.400. The van der Waals surface area contributed by atoms with Crippen LogP contribution in [0.15, 0.2) is 42.5 Å². The topological polar surface area (TPSA) is 82.1 Å². The molecule has 2 amide bonds. The zero-order valence-corrected chi connectivity index (χ0v) is 18.8. The van der Waals surface area contributed by atoms with Crippen LogP contribution in [0, 0.1) is 5.92 Å². The second kappa shape index (κ2) is 10.8. The van der Waals surface area contributed by atoms with Gasteiger partial charge in [-0.25, -0.2) is 4.79 Å². The van der Waals surface area contributed by atoms with Crippen LogP contribution in [-0.4, -0.2) is 49.6 Å². The van der Waals surface area contributed by atoms with Crippen molar-refractivity contribution in [3.8, 4) is 11.5 Å². The molecule has 0 radical (unpaired) electrons. The number of hydrogen-bond donors (Lipinski definition) is 0. The van der Waals surface area contributed by atoms with Crippen molar-refractivity contribution in [2.45, 2.75) is 33.1 Å². The SMILES string of the molecule is COc1cc(C(=O)OCCCCN2C(=O)c3ccccc3C2=O)ccc1OCCC(C)C. The Morgan fingerprint density at radius 1 is 0.938 bits per heavy atom. The highest BCUT2D eigenvalue weighted by atomic mass is 16.5. The largest absolute Gasteiger partial charge is 0.493 e. The summed E-state index contributed by atoms with van der Waals surface area (Å²) in [5.41, 5.74) is 1.25. The van der Waals surface area contributed by atoms with Crippen LogP contribution >= 0.6 is 0 Å². The minimum absolute atomic E-state index is 0.191. The maximum absolute atomic E-state index is 12.4. The van der Waals surface area contributed by atoms with Gasteiger partial charge in [0.1, 0.15) is 0 Å². The quantitative estimate of drug-likeness (QED) is 0.294. The van der Waals surface area contributed by atoms with Crippen molar-refractivity contribution in [3.05, 3.63) is 59.2 Å². The Labute approximate surface area is 188 Å². The summed E-state index contributed by atoms with van der Waals surface area (Å²) in [6.45, 7) is 5.31. The molecule has 0 bridgehead atoms. The third-order valence-electron chi connectivity index (χ3n) is 5.24. The number of carbonyl (C=O) groups is 3. The maximum atomic E-state index is 12.4. The number of amides is 2. The van der Waals surface area contributed by atoms with E-state index < -0.39 is 5.97 Å². The fourth-order valence-corrected chi connectivity index (χ4v) is 3.38. The molecule has 0 aliphatic carbocycles. The van der Waals surface area contributed by atoms with Gasteiger partial charge in [0.15, 0.2) is 11.5 Å². The molecule has 2 aromatic carbocycles. The van der Waals surface area contributed by atoms with Crippen LogP contribution < -0.4 is 9.47 Å². The van der Waals surface area contributed by atoms with Gasteiger partial charge in [-0.05, 0) is 55.5 Å². The van der Waals surface area contributed by atoms with Crippen LogP contribution in [-0.2, 0) is 4.74 Å². The van der Waals surface area contributed by atoms with Gasteiger partial charge in [0.05, 0.1) is 37.0 Å². The molecule has 1 aliphatic heterocycles. The third-order valence-corrected chi connectivity index (χ3v) is 5.24. The molecular weight excluding hydrogens is 410 g/mol. The number of carbonyl (C=O) groups excluding carboxylic acids is 3. The van der Waals surface area contributed by atoms with E-state index >= 15 is 0 Å². The summed E-state index contributed by atoms with van der Waals surface area (Å²) in [4.78, 5) is 38.3. The molecule has 0 unspecified atom stereocenters. The van der Waals surface area contributed by atoms with Crippen LogP contribution in [0.5, 0.6) is 11.5 Å². The van der Waals surface area contributed by atoms with E-state index in [9.17, 15) is 14.4 Å². The number of imide groups is 1. The molecule has 0 saturated heterocycles. The van der Waals surface area contributed by atoms with E-state index in [0.29, 0.717) is 60.1 Å². The Bertz CT molecular complexity index is 949. The average molecular weight is 440 g/mol. The molecule has 3 rings (SSSR count). The molecule has 0 fully saturated rings. The van der Waals surface area contributed by atoms with E-state index in [1.54, 1.807) is 42.5 Å². The third kappa shape index (κ3) is 5.46. The molecule has 2 aromatic rings. The van der Waals surface area contributed by atoms with Gasteiger partial charge < -0.3 is 14.2 Å². The van der Waals surface area contributed by atoms with E-state index in [4.69, 9.17) is 14.2 Å². The fourth-order valence-electron chi connectivity index (χ4n) is 3.38. The summed E-state index contributed by atoms with van der Waals surface area (Å²) in [6.07, 6.45) is 2.00. The van der Waals surface area contributed by atoms with Crippen molar-refractivity contribution >= 4 is 17.8 Å². The Balaban J connectivity index is 1.44. The van der Waals surface area contributed by atoms with Crippen LogP contribution in [0.3, 0.4) is 0 Å². The maximum Gasteiger partial charge on any atom is 0.338 e. The van der Waals surface area contributed by atoms with Gasteiger partial charge in [-0.3, -0.25) is 14.5 Å². The normalized spacial score (nSPS) is 12.8. The lowest BCUT2D eigenvalue weighted by atomic mass is 10.1. The van der Waals surface area contributed by atoms with Crippen LogP contribution in [0.4, 0.5) is 0 Å². The average Bonchev–Trinajstić information content (AvgIpc) is 3.03. The first-order valence-corrected chi connectivity index (χ1v) is 10.9. The van der Waals surface area contributed by atoms with Crippen molar-refractivity contribution in [2.75, 3.05) is 26.9 Å².